The zero-order chi connectivity index (χ0) is 50.6. The predicted molar refractivity (Wildman–Crippen MR) is 293 cm³/mol. The van der Waals surface area contributed by atoms with Gasteiger partial charge in [-0.05, 0) is 103 Å². The van der Waals surface area contributed by atoms with Gasteiger partial charge in [0.2, 0.25) is 0 Å². The van der Waals surface area contributed by atoms with Crippen molar-refractivity contribution < 1.29 is 38.2 Å². The van der Waals surface area contributed by atoms with Crippen LogP contribution in [-0.4, -0.2) is 80.6 Å². The van der Waals surface area contributed by atoms with Crippen molar-refractivity contribution in [2.45, 2.75) is 206 Å². The summed E-state index contributed by atoms with van der Waals surface area (Å²) in [5.41, 5.74) is 0. The molecule has 0 saturated heterocycles. The molecule has 0 aromatic heterocycles. The molecule has 0 aliphatic heterocycles. The molecule has 69 heavy (non-hydrogen) atoms. The molecule has 0 aromatic rings. The maximum absolute atomic E-state index is 12.8. The minimum absolute atomic E-state index is 0.0382. The number of quaternary nitrogens is 1. The Hall–Kier alpha value is -4.27. The molecule has 8 nitrogen and oxygen atoms in total. The van der Waals surface area contributed by atoms with E-state index >= 15 is 0 Å². The van der Waals surface area contributed by atoms with Crippen molar-refractivity contribution in [1.82, 2.24) is 0 Å². The quantitative estimate of drug-likeness (QED) is 0.0281. The zero-order valence-corrected chi connectivity index (χ0v) is 44.5. The van der Waals surface area contributed by atoms with Crippen LogP contribution in [0.15, 0.2) is 122 Å². The zero-order valence-electron chi connectivity index (χ0n) is 44.5. The van der Waals surface area contributed by atoms with Crippen molar-refractivity contribution >= 4 is 17.9 Å². The number of nitrogens with zero attached hydrogens (tertiary/aromatic N) is 1. The van der Waals surface area contributed by atoms with Gasteiger partial charge in [-0.1, -0.05) is 193 Å². The van der Waals surface area contributed by atoms with E-state index in [9.17, 15) is 19.5 Å². The third-order valence-electron chi connectivity index (χ3n) is 11.4. The van der Waals surface area contributed by atoms with Gasteiger partial charge in [0.1, 0.15) is 6.61 Å². The van der Waals surface area contributed by atoms with Crippen molar-refractivity contribution in [3.8, 4) is 0 Å². The second kappa shape index (κ2) is 50.1. The number of esters is 2. The van der Waals surface area contributed by atoms with Gasteiger partial charge in [0.15, 0.2) is 12.1 Å². The number of carbonyl (C=O) groups excluding carboxylic acids is 2. The largest absolute Gasteiger partial charge is 0.477 e. The molecule has 1 N–H and O–H groups in total. The third-order valence-corrected chi connectivity index (χ3v) is 11.4. The fraction of sp³-hybridized carbons (Fsp3) is 0.623. The molecule has 0 aliphatic rings. The Morgan fingerprint density at radius 2 is 0.768 bits per heavy atom. The minimum atomic E-state index is -0.886. The van der Waals surface area contributed by atoms with E-state index in [-0.39, 0.29) is 42.7 Å². The van der Waals surface area contributed by atoms with E-state index in [1.54, 1.807) is 0 Å². The smallest absolute Gasteiger partial charge is 0.362 e. The summed E-state index contributed by atoms with van der Waals surface area (Å²) < 4.78 is 17.3. The van der Waals surface area contributed by atoms with E-state index in [1.165, 1.54) is 51.4 Å². The van der Waals surface area contributed by atoms with Gasteiger partial charge in [0.05, 0.1) is 34.4 Å². The second-order valence-corrected chi connectivity index (χ2v) is 18.7. The average molecular weight is 959 g/mol. The normalized spacial score (nSPS) is 13.8. The molecule has 2 unspecified atom stereocenters. The van der Waals surface area contributed by atoms with Crippen LogP contribution in [0.25, 0.3) is 0 Å². The number of unbranched alkanes of at least 4 members (excludes halogenated alkanes) is 13. The first kappa shape index (κ1) is 64.7. The van der Waals surface area contributed by atoms with E-state index in [1.807, 2.05) is 21.1 Å². The summed E-state index contributed by atoms with van der Waals surface area (Å²) in [6.45, 7) is 4.46. The molecular formula is C61H100NO7+. The topological polar surface area (TPSA) is 99.1 Å². The SMILES string of the molecule is CC/C=C/C/C=C/C/C=C/C/C=C/C/C=C/C/C=C/CCCCCC(=O)OC(COCCC(C(=O)O)[N+](C)(C)C)COC(=O)CCCCCCCCCCCC/C=C/C/C=C/C/C=C/C/C=C/CC. The highest BCUT2D eigenvalue weighted by atomic mass is 16.6. The van der Waals surface area contributed by atoms with Gasteiger partial charge < -0.3 is 23.8 Å². The summed E-state index contributed by atoms with van der Waals surface area (Å²) in [5, 5.41) is 9.67. The van der Waals surface area contributed by atoms with Gasteiger partial charge in [0, 0.05) is 19.3 Å². The van der Waals surface area contributed by atoms with E-state index in [0.29, 0.717) is 19.3 Å². The predicted octanol–water partition coefficient (Wildman–Crippen LogP) is 16.1. The Balaban J connectivity index is 4.31. The van der Waals surface area contributed by atoms with Gasteiger partial charge >= 0.3 is 17.9 Å². The molecule has 0 amide bonds. The maximum Gasteiger partial charge on any atom is 0.362 e. The van der Waals surface area contributed by atoms with Crippen LogP contribution in [0.5, 0.6) is 0 Å². The molecule has 8 heteroatoms. The lowest BCUT2D eigenvalue weighted by atomic mass is 10.1. The summed E-state index contributed by atoms with van der Waals surface area (Å²) in [6, 6.07) is -0.630. The average Bonchev–Trinajstić information content (AvgIpc) is 3.31. The lowest BCUT2D eigenvalue weighted by molar-refractivity contribution is -0.887. The van der Waals surface area contributed by atoms with E-state index in [0.717, 1.165) is 103 Å². The monoisotopic (exact) mass is 959 g/mol. The van der Waals surface area contributed by atoms with Crippen molar-refractivity contribution in [1.29, 1.82) is 0 Å². The third kappa shape index (κ3) is 48.5. The highest BCUT2D eigenvalue weighted by Crippen LogP contribution is 2.14. The summed E-state index contributed by atoms with van der Waals surface area (Å²) in [6.07, 6.45) is 71.1. The molecule has 2 atom stereocenters. The van der Waals surface area contributed by atoms with Gasteiger partial charge in [-0.15, -0.1) is 0 Å². The first-order valence-electron chi connectivity index (χ1n) is 27.1. The number of rotatable bonds is 47. The number of carbonyl (C=O) groups is 3. The Morgan fingerprint density at radius 1 is 0.435 bits per heavy atom. The van der Waals surface area contributed by atoms with E-state index in [4.69, 9.17) is 14.2 Å². The lowest BCUT2D eigenvalue weighted by Crippen LogP contribution is -2.50. The number of ether oxygens (including phenoxy) is 3. The van der Waals surface area contributed by atoms with Crippen molar-refractivity contribution in [2.24, 2.45) is 0 Å². The van der Waals surface area contributed by atoms with Crippen LogP contribution in [0.1, 0.15) is 194 Å². The number of carboxylic acids is 1. The van der Waals surface area contributed by atoms with Crippen molar-refractivity contribution in [3.63, 3.8) is 0 Å². The maximum atomic E-state index is 12.8. The number of hydrogen-bond acceptors (Lipinski definition) is 6. The number of carboxylic acid groups (broad SMARTS) is 1. The molecule has 390 valence electrons. The number of likely N-dealkylation sites (N-methyl/N-ethyl adjacent to an activating group) is 1. The highest BCUT2D eigenvalue weighted by molar-refractivity contribution is 5.72. The van der Waals surface area contributed by atoms with Crippen LogP contribution in [-0.2, 0) is 28.6 Å². The molecule has 0 fully saturated rings. The second-order valence-electron chi connectivity index (χ2n) is 18.7. The van der Waals surface area contributed by atoms with Gasteiger partial charge in [-0.2, -0.15) is 0 Å². The molecule has 0 bridgehead atoms. The first-order valence-corrected chi connectivity index (χ1v) is 27.1. The van der Waals surface area contributed by atoms with E-state index in [2.05, 4.69) is 135 Å². The fourth-order valence-corrected chi connectivity index (χ4v) is 7.26. The summed E-state index contributed by atoms with van der Waals surface area (Å²) >= 11 is 0. The summed E-state index contributed by atoms with van der Waals surface area (Å²) in [7, 11) is 5.51. The van der Waals surface area contributed by atoms with E-state index < -0.39 is 18.1 Å². The van der Waals surface area contributed by atoms with Crippen LogP contribution in [0.2, 0.25) is 0 Å². The van der Waals surface area contributed by atoms with Crippen LogP contribution in [0.3, 0.4) is 0 Å². The molecule has 0 heterocycles. The van der Waals surface area contributed by atoms with Crippen LogP contribution >= 0.6 is 0 Å². The molecule has 0 rings (SSSR count). The Bertz CT molecular complexity index is 1540. The molecule has 0 aliphatic carbocycles. The molecule has 0 saturated carbocycles. The number of aliphatic carboxylic acids is 1. The van der Waals surface area contributed by atoms with Crippen molar-refractivity contribution in [2.75, 3.05) is 41.0 Å². The van der Waals surface area contributed by atoms with Gasteiger partial charge in [-0.3, -0.25) is 9.59 Å². The van der Waals surface area contributed by atoms with Crippen molar-refractivity contribution in [3.05, 3.63) is 122 Å². The Kier molecular flexibility index (Phi) is 47.0. The first-order chi connectivity index (χ1) is 33.6. The molecule has 0 aromatic carbocycles. The molecule has 0 radical (unpaired) electrons. The molecular weight excluding hydrogens is 859 g/mol. The van der Waals surface area contributed by atoms with Crippen LogP contribution in [0.4, 0.5) is 0 Å². The summed E-state index contributed by atoms with van der Waals surface area (Å²) in [5.74, 6) is -1.53. The number of hydrogen-bond donors (Lipinski definition) is 1. The summed E-state index contributed by atoms with van der Waals surface area (Å²) in [4.78, 5) is 37.2. The lowest BCUT2D eigenvalue weighted by Gasteiger charge is -2.31. The highest BCUT2D eigenvalue weighted by Gasteiger charge is 2.31. The minimum Gasteiger partial charge on any atom is -0.477 e. The van der Waals surface area contributed by atoms with Crippen LogP contribution in [0, 0.1) is 0 Å². The molecule has 0 spiro atoms. The Morgan fingerprint density at radius 3 is 1.14 bits per heavy atom. The standard InChI is InChI=1S/C61H99NO7/c1-6-8-10-12-14-16-18-20-22-24-26-28-30-32-33-35-37-39-41-43-45-47-49-51-59(63)68-56-57(55-67-54-53-58(61(65)66)62(3,4)5)69-60(64)52-50-48-46-44-42-40-38-36-34-31-29-27-25-23-21-19-17-15-13-11-9-7-2/h8-11,14-17,20-23,26-29,34,36,40,42,57-58H,6-7,12-13,18-19,24-25,30-33,35,37-39,41,43-56H2,1-5H3/p+1/b10-8+,11-9+,16-14+,17-15+,22-20+,23-21+,28-26+,29-27+,36-34+,42-40+. The fourth-order valence-electron chi connectivity index (χ4n) is 7.26. The van der Waals surface area contributed by atoms with Gasteiger partial charge in [0.25, 0.3) is 0 Å². The van der Waals surface area contributed by atoms with Gasteiger partial charge in [-0.25, -0.2) is 4.79 Å². The Labute approximate surface area is 422 Å². The number of allylic oxidation sites excluding steroid dienone is 20. The van der Waals surface area contributed by atoms with Crippen LogP contribution < -0.4 is 0 Å².